The predicted molar refractivity (Wildman–Crippen MR) is 109 cm³/mol. The number of nitrogens with one attached hydrogen (secondary N) is 1. The average Bonchev–Trinajstić information content (AvgIpc) is 2.68. The summed E-state index contributed by atoms with van der Waals surface area (Å²) in [5, 5.41) is 3.01. The van der Waals surface area contributed by atoms with Crippen LogP contribution in [0, 0.1) is 5.92 Å². The highest BCUT2D eigenvalue weighted by Gasteiger charge is 2.32. The molecule has 0 aliphatic heterocycles. The van der Waals surface area contributed by atoms with Gasteiger partial charge >= 0.3 is 0 Å². The summed E-state index contributed by atoms with van der Waals surface area (Å²) in [6.07, 6.45) is 1.93. The maximum Gasteiger partial charge on any atom is 0.247 e. The topological polar surface area (TPSA) is 49.4 Å². The van der Waals surface area contributed by atoms with Crippen molar-refractivity contribution in [1.29, 1.82) is 0 Å². The van der Waals surface area contributed by atoms with Gasteiger partial charge in [-0.3, -0.25) is 9.59 Å². The molecule has 0 aromatic heterocycles. The summed E-state index contributed by atoms with van der Waals surface area (Å²) in [6.45, 7) is 6.85. The van der Waals surface area contributed by atoms with E-state index in [9.17, 15) is 9.59 Å². The maximum absolute atomic E-state index is 13.1. The summed E-state index contributed by atoms with van der Waals surface area (Å²) in [4.78, 5) is 27.8. The van der Waals surface area contributed by atoms with E-state index in [1.54, 1.807) is 4.90 Å². The van der Waals surface area contributed by atoms with E-state index in [1.165, 1.54) is 0 Å². The van der Waals surface area contributed by atoms with Gasteiger partial charge in [0, 0.05) is 19.0 Å². The van der Waals surface area contributed by atoms with Crippen LogP contribution in [-0.4, -0.2) is 23.3 Å². The first kappa shape index (κ1) is 20.7. The zero-order valence-electron chi connectivity index (χ0n) is 16.5. The van der Waals surface area contributed by atoms with E-state index in [1.807, 2.05) is 74.5 Å². The Labute approximate surface area is 162 Å². The van der Waals surface area contributed by atoms with Crippen molar-refractivity contribution in [3.63, 3.8) is 0 Å². The van der Waals surface area contributed by atoms with Gasteiger partial charge in [-0.05, 0) is 17.5 Å². The standard InChI is InChI=1S/C23H30N2O2/c1-4-5-16-24-22(26)21(20-14-10-7-11-15-20)25(23(27)18(2)3)17-19-12-8-6-9-13-19/h6-15,18,21H,4-5,16-17H2,1-3H3,(H,24,26)/t21-/m1/s1. The zero-order valence-corrected chi connectivity index (χ0v) is 16.5. The molecule has 27 heavy (non-hydrogen) atoms. The van der Waals surface area contributed by atoms with E-state index in [0.717, 1.165) is 24.0 Å². The minimum atomic E-state index is -0.641. The Hall–Kier alpha value is -2.62. The Morgan fingerprint density at radius 3 is 2.11 bits per heavy atom. The molecule has 144 valence electrons. The van der Waals surface area contributed by atoms with E-state index in [2.05, 4.69) is 12.2 Å². The molecule has 0 unspecified atom stereocenters. The lowest BCUT2D eigenvalue weighted by atomic mass is 10.0. The second-order valence-corrected chi connectivity index (χ2v) is 7.06. The van der Waals surface area contributed by atoms with Gasteiger partial charge in [0.15, 0.2) is 0 Å². The van der Waals surface area contributed by atoms with Crippen molar-refractivity contribution in [2.75, 3.05) is 6.54 Å². The maximum atomic E-state index is 13.1. The summed E-state index contributed by atoms with van der Waals surface area (Å²) < 4.78 is 0. The Morgan fingerprint density at radius 2 is 1.56 bits per heavy atom. The quantitative estimate of drug-likeness (QED) is 0.672. The number of hydrogen-bond donors (Lipinski definition) is 1. The van der Waals surface area contributed by atoms with Crippen molar-refractivity contribution in [2.24, 2.45) is 5.92 Å². The third kappa shape index (κ3) is 5.95. The van der Waals surface area contributed by atoms with Gasteiger partial charge in [-0.15, -0.1) is 0 Å². The van der Waals surface area contributed by atoms with Gasteiger partial charge in [0.25, 0.3) is 0 Å². The highest BCUT2D eigenvalue weighted by Crippen LogP contribution is 2.25. The van der Waals surface area contributed by atoms with E-state index in [0.29, 0.717) is 13.1 Å². The summed E-state index contributed by atoms with van der Waals surface area (Å²) in [6, 6.07) is 18.7. The van der Waals surface area contributed by atoms with Crippen LogP contribution in [-0.2, 0) is 16.1 Å². The molecule has 4 heteroatoms. The molecule has 1 N–H and O–H groups in total. The van der Waals surface area contributed by atoms with Crippen molar-refractivity contribution >= 4 is 11.8 Å². The van der Waals surface area contributed by atoms with E-state index in [-0.39, 0.29) is 17.7 Å². The molecule has 0 saturated heterocycles. The second kappa shape index (κ2) is 10.5. The number of rotatable bonds is 9. The lowest BCUT2D eigenvalue weighted by molar-refractivity contribution is -0.144. The molecule has 0 radical (unpaired) electrons. The first-order chi connectivity index (χ1) is 13.0. The van der Waals surface area contributed by atoms with Crippen molar-refractivity contribution in [1.82, 2.24) is 10.2 Å². The summed E-state index contributed by atoms with van der Waals surface area (Å²) in [5.41, 5.74) is 1.84. The van der Waals surface area contributed by atoms with Crippen LogP contribution in [0.5, 0.6) is 0 Å². The number of hydrogen-bond acceptors (Lipinski definition) is 2. The molecule has 0 aliphatic carbocycles. The van der Waals surface area contributed by atoms with Crippen LogP contribution in [0.2, 0.25) is 0 Å². The average molecular weight is 367 g/mol. The molecule has 1 atom stereocenters. The smallest absolute Gasteiger partial charge is 0.247 e. The summed E-state index contributed by atoms with van der Waals surface area (Å²) in [7, 11) is 0. The number of carbonyl (C=O) groups is 2. The Bertz CT molecular complexity index is 714. The lowest BCUT2D eigenvalue weighted by Gasteiger charge is -2.33. The van der Waals surface area contributed by atoms with E-state index >= 15 is 0 Å². The van der Waals surface area contributed by atoms with Crippen LogP contribution in [0.25, 0.3) is 0 Å². The number of amides is 2. The number of nitrogens with zero attached hydrogens (tertiary/aromatic N) is 1. The Balaban J connectivity index is 2.38. The molecule has 0 heterocycles. The van der Waals surface area contributed by atoms with Crippen molar-refractivity contribution in [3.8, 4) is 0 Å². The van der Waals surface area contributed by atoms with Gasteiger partial charge in [0.05, 0.1) is 0 Å². The number of unbranched alkanes of at least 4 members (excludes halogenated alkanes) is 1. The third-order valence-electron chi connectivity index (χ3n) is 4.48. The molecular formula is C23H30N2O2. The fourth-order valence-electron chi connectivity index (χ4n) is 3.00. The van der Waals surface area contributed by atoms with Gasteiger partial charge in [-0.2, -0.15) is 0 Å². The van der Waals surface area contributed by atoms with Crippen LogP contribution in [0.15, 0.2) is 60.7 Å². The normalized spacial score (nSPS) is 11.9. The molecule has 4 nitrogen and oxygen atoms in total. The molecule has 2 rings (SSSR count). The highest BCUT2D eigenvalue weighted by molar-refractivity contribution is 5.89. The van der Waals surface area contributed by atoms with E-state index < -0.39 is 6.04 Å². The van der Waals surface area contributed by atoms with Gasteiger partial charge in [0.1, 0.15) is 6.04 Å². The van der Waals surface area contributed by atoms with Crippen LogP contribution in [0.4, 0.5) is 0 Å². The fraction of sp³-hybridized carbons (Fsp3) is 0.391. The summed E-state index contributed by atoms with van der Waals surface area (Å²) in [5.74, 6) is -0.346. The number of carbonyl (C=O) groups excluding carboxylic acids is 2. The molecule has 0 aliphatic rings. The molecule has 2 aromatic rings. The SMILES string of the molecule is CCCCNC(=O)[C@@H](c1ccccc1)N(Cc1ccccc1)C(=O)C(C)C. The molecule has 0 spiro atoms. The second-order valence-electron chi connectivity index (χ2n) is 7.06. The molecule has 0 fully saturated rings. The molecule has 2 aromatic carbocycles. The highest BCUT2D eigenvalue weighted by atomic mass is 16.2. The first-order valence-corrected chi connectivity index (χ1v) is 9.71. The monoisotopic (exact) mass is 366 g/mol. The van der Waals surface area contributed by atoms with Gasteiger partial charge in [0.2, 0.25) is 11.8 Å². The van der Waals surface area contributed by atoms with Crippen molar-refractivity contribution in [3.05, 3.63) is 71.8 Å². The van der Waals surface area contributed by atoms with Gasteiger partial charge in [-0.25, -0.2) is 0 Å². The van der Waals surface area contributed by atoms with Gasteiger partial charge < -0.3 is 10.2 Å². The first-order valence-electron chi connectivity index (χ1n) is 9.71. The summed E-state index contributed by atoms with van der Waals surface area (Å²) >= 11 is 0. The van der Waals surface area contributed by atoms with Crippen LogP contribution < -0.4 is 5.32 Å². The van der Waals surface area contributed by atoms with Gasteiger partial charge in [-0.1, -0.05) is 87.9 Å². The predicted octanol–water partition coefficient (Wildman–Crippen LogP) is 4.33. The largest absolute Gasteiger partial charge is 0.354 e. The minimum absolute atomic E-state index is 0.0293. The minimum Gasteiger partial charge on any atom is -0.354 e. The zero-order chi connectivity index (χ0) is 19.6. The molecular weight excluding hydrogens is 336 g/mol. The number of benzene rings is 2. The molecule has 0 saturated carbocycles. The van der Waals surface area contributed by atoms with Crippen molar-refractivity contribution < 1.29 is 9.59 Å². The lowest BCUT2D eigenvalue weighted by Crippen LogP contribution is -2.45. The Kier molecular flexibility index (Phi) is 8.05. The fourth-order valence-corrected chi connectivity index (χ4v) is 3.00. The van der Waals surface area contributed by atoms with Crippen LogP contribution in [0.1, 0.15) is 50.8 Å². The third-order valence-corrected chi connectivity index (χ3v) is 4.48. The molecule has 0 bridgehead atoms. The van der Waals surface area contributed by atoms with E-state index in [4.69, 9.17) is 0 Å². The van der Waals surface area contributed by atoms with Crippen molar-refractivity contribution in [2.45, 2.75) is 46.2 Å². The molecule has 2 amide bonds. The van der Waals surface area contributed by atoms with Crippen LogP contribution in [0.3, 0.4) is 0 Å². The van der Waals surface area contributed by atoms with Crippen LogP contribution >= 0.6 is 0 Å². The Morgan fingerprint density at radius 1 is 0.963 bits per heavy atom.